The van der Waals surface area contributed by atoms with Gasteiger partial charge < -0.3 is 9.64 Å². The lowest BCUT2D eigenvalue weighted by molar-refractivity contribution is 0.233. The average molecular weight is 531 g/mol. The Morgan fingerprint density at radius 3 is 1.63 bits per heavy atom. The molecule has 1 unspecified atom stereocenters. The van der Waals surface area contributed by atoms with Crippen molar-refractivity contribution in [2.75, 3.05) is 11.5 Å². The Morgan fingerprint density at radius 2 is 1.20 bits per heavy atom. The van der Waals surface area contributed by atoms with Crippen LogP contribution in [0, 0.1) is 5.92 Å². The molecule has 0 spiro atoms. The van der Waals surface area contributed by atoms with E-state index in [1.807, 2.05) is 0 Å². The lowest BCUT2D eigenvalue weighted by Gasteiger charge is -2.26. The van der Waals surface area contributed by atoms with Gasteiger partial charge in [0.1, 0.15) is 5.75 Å². The minimum Gasteiger partial charge on any atom is -0.493 e. The molecule has 3 aromatic rings. The van der Waals surface area contributed by atoms with E-state index in [1.54, 1.807) is 0 Å². The Balaban J connectivity index is 1.80. The van der Waals surface area contributed by atoms with Gasteiger partial charge in [0.25, 0.3) is 0 Å². The summed E-state index contributed by atoms with van der Waals surface area (Å²) in [7, 11) is 0. The summed E-state index contributed by atoms with van der Waals surface area (Å²) >= 11 is 7.07. The quantitative estimate of drug-likeness (QED) is 0.259. The number of benzene rings is 3. The molecular formula is C26H29Br2NO. The molecule has 158 valence electrons. The van der Waals surface area contributed by atoms with Gasteiger partial charge in [0.2, 0.25) is 0 Å². The van der Waals surface area contributed by atoms with Gasteiger partial charge in [0.15, 0.2) is 0 Å². The van der Waals surface area contributed by atoms with Crippen LogP contribution in [0.2, 0.25) is 0 Å². The van der Waals surface area contributed by atoms with Crippen LogP contribution in [0.4, 0.5) is 17.1 Å². The second kappa shape index (κ2) is 11.6. The average Bonchev–Trinajstić information content (AvgIpc) is 2.77. The van der Waals surface area contributed by atoms with E-state index in [0.717, 1.165) is 38.4 Å². The SMILES string of the molecule is CCCCC(CC)COc1ccc(N(c2ccc(Br)cc2)c2ccc(Br)cc2)cc1. The molecule has 0 N–H and O–H groups in total. The van der Waals surface area contributed by atoms with Crippen molar-refractivity contribution < 1.29 is 4.74 Å². The van der Waals surface area contributed by atoms with Crippen molar-refractivity contribution in [2.45, 2.75) is 39.5 Å². The number of hydrogen-bond donors (Lipinski definition) is 0. The maximum atomic E-state index is 6.10. The summed E-state index contributed by atoms with van der Waals surface area (Å²) in [5, 5.41) is 0. The molecule has 0 saturated heterocycles. The van der Waals surface area contributed by atoms with E-state index < -0.39 is 0 Å². The second-order valence-electron chi connectivity index (χ2n) is 7.51. The van der Waals surface area contributed by atoms with E-state index in [1.165, 1.54) is 25.7 Å². The molecule has 0 aliphatic carbocycles. The zero-order valence-electron chi connectivity index (χ0n) is 17.7. The van der Waals surface area contributed by atoms with Gasteiger partial charge >= 0.3 is 0 Å². The molecule has 3 aromatic carbocycles. The molecule has 3 rings (SSSR count). The molecule has 0 radical (unpaired) electrons. The first-order chi connectivity index (χ1) is 14.6. The topological polar surface area (TPSA) is 12.5 Å². The van der Waals surface area contributed by atoms with E-state index in [0.29, 0.717) is 5.92 Å². The van der Waals surface area contributed by atoms with Crippen molar-refractivity contribution in [3.8, 4) is 5.75 Å². The second-order valence-corrected chi connectivity index (χ2v) is 9.34. The fraction of sp³-hybridized carbons (Fsp3) is 0.308. The predicted molar refractivity (Wildman–Crippen MR) is 135 cm³/mol. The van der Waals surface area contributed by atoms with Gasteiger partial charge in [-0.3, -0.25) is 0 Å². The van der Waals surface area contributed by atoms with Crippen molar-refractivity contribution in [2.24, 2.45) is 5.92 Å². The molecule has 0 aliphatic heterocycles. The molecule has 0 aliphatic rings. The van der Waals surface area contributed by atoms with Crippen LogP contribution in [0.15, 0.2) is 81.7 Å². The maximum absolute atomic E-state index is 6.10. The molecule has 30 heavy (non-hydrogen) atoms. The number of nitrogens with zero attached hydrogens (tertiary/aromatic N) is 1. The van der Waals surface area contributed by atoms with Crippen LogP contribution in [0.1, 0.15) is 39.5 Å². The normalized spacial score (nSPS) is 11.9. The van der Waals surface area contributed by atoms with Gasteiger partial charge in [-0.1, -0.05) is 65.0 Å². The number of unbranched alkanes of at least 4 members (excludes halogenated alkanes) is 1. The summed E-state index contributed by atoms with van der Waals surface area (Å²) in [6.07, 6.45) is 4.92. The van der Waals surface area contributed by atoms with Crippen molar-refractivity contribution in [3.05, 3.63) is 81.7 Å². The van der Waals surface area contributed by atoms with Crippen LogP contribution in [0.25, 0.3) is 0 Å². The van der Waals surface area contributed by atoms with Gasteiger partial charge in [0.05, 0.1) is 6.61 Å². The van der Waals surface area contributed by atoms with Crippen LogP contribution in [-0.4, -0.2) is 6.61 Å². The molecule has 1 atom stereocenters. The molecule has 0 bridgehead atoms. The first-order valence-corrected chi connectivity index (χ1v) is 12.2. The van der Waals surface area contributed by atoms with E-state index in [-0.39, 0.29) is 0 Å². The third-order valence-corrected chi connectivity index (χ3v) is 6.35. The Kier molecular flexibility index (Phi) is 8.83. The summed E-state index contributed by atoms with van der Waals surface area (Å²) in [4.78, 5) is 2.25. The fourth-order valence-corrected chi connectivity index (χ4v) is 3.96. The Bertz CT molecular complexity index is 846. The highest BCUT2D eigenvalue weighted by Crippen LogP contribution is 2.36. The fourth-order valence-electron chi connectivity index (χ4n) is 3.43. The minimum absolute atomic E-state index is 0.631. The van der Waals surface area contributed by atoms with Crippen molar-refractivity contribution in [1.29, 1.82) is 0 Å². The van der Waals surface area contributed by atoms with Crippen molar-refractivity contribution >= 4 is 48.9 Å². The molecule has 2 nitrogen and oxygen atoms in total. The van der Waals surface area contributed by atoms with Gasteiger partial charge in [-0.25, -0.2) is 0 Å². The predicted octanol–water partition coefficient (Wildman–Crippen LogP) is 9.28. The highest BCUT2D eigenvalue weighted by molar-refractivity contribution is 9.10. The van der Waals surface area contributed by atoms with Gasteiger partial charge in [-0.05, 0) is 85.1 Å². The van der Waals surface area contributed by atoms with Gasteiger partial charge in [0, 0.05) is 26.0 Å². The third-order valence-electron chi connectivity index (χ3n) is 5.29. The molecule has 0 fully saturated rings. The summed E-state index contributed by atoms with van der Waals surface area (Å²) in [5.74, 6) is 1.56. The van der Waals surface area contributed by atoms with E-state index in [4.69, 9.17) is 4.74 Å². The highest BCUT2D eigenvalue weighted by Gasteiger charge is 2.13. The van der Waals surface area contributed by atoms with Gasteiger partial charge in [-0.2, -0.15) is 0 Å². The summed E-state index contributed by atoms with van der Waals surface area (Å²) in [6, 6.07) is 25.2. The summed E-state index contributed by atoms with van der Waals surface area (Å²) in [5.41, 5.74) is 3.32. The molecule has 0 aromatic heterocycles. The number of halogens is 2. The summed E-state index contributed by atoms with van der Waals surface area (Å²) < 4.78 is 8.24. The zero-order chi connectivity index (χ0) is 21.3. The minimum atomic E-state index is 0.631. The lowest BCUT2D eigenvalue weighted by atomic mass is 10.0. The van der Waals surface area contributed by atoms with Crippen LogP contribution in [-0.2, 0) is 0 Å². The third kappa shape index (κ3) is 6.36. The van der Waals surface area contributed by atoms with Crippen LogP contribution < -0.4 is 9.64 Å². The molecule has 0 saturated carbocycles. The van der Waals surface area contributed by atoms with Crippen LogP contribution >= 0.6 is 31.9 Å². The number of rotatable bonds is 10. The smallest absolute Gasteiger partial charge is 0.119 e. The monoisotopic (exact) mass is 529 g/mol. The first kappa shape index (κ1) is 22.9. The van der Waals surface area contributed by atoms with Crippen molar-refractivity contribution in [1.82, 2.24) is 0 Å². The van der Waals surface area contributed by atoms with E-state index in [2.05, 4.69) is 123 Å². The molecular weight excluding hydrogens is 502 g/mol. The maximum Gasteiger partial charge on any atom is 0.119 e. The highest BCUT2D eigenvalue weighted by atomic mass is 79.9. The number of anilines is 3. The first-order valence-electron chi connectivity index (χ1n) is 10.6. The molecule has 4 heteroatoms. The van der Waals surface area contributed by atoms with E-state index >= 15 is 0 Å². The Hall–Kier alpha value is -1.78. The molecule has 0 heterocycles. The standard InChI is InChI=1S/C26H29Br2NO/c1-3-5-6-20(4-2)19-30-26-17-15-25(16-18-26)29(23-11-7-21(27)8-12-23)24-13-9-22(28)10-14-24/h7-18,20H,3-6,19H2,1-2H3. The lowest BCUT2D eigenvalue weighted by Crippen LogP contribution is -2.12. The number of ether oxygens (including phenoxy) is 1. The largest absolute Gasteiger partial charge is 0.493 e. The van der Waals surface area contributed by atoms with Gasteiger partial charge in [-0.15, -0.1) is 0 Å². The Morgan fingerprint density at radius 1 is 0.733 bits per heavy atom. The molecule has 0 amide bonds. The Labute approximate surface area is 197 Å². The van der Waals surface area contributed by atoms with E-state index in [9.17, 15) is 0 Å². The zero-order valence-corrected chi connectivity index (χ0v) is 20.8. The van der Waals surface area contributed by atoms with Crippen LogP contribution in [0.5, 0.6) is 5.75 Å². The number of hydrogen-bond acceptors (Lipinski definition) is 2. The summed E-state index contributed by atoms with van der Waals surface area (Å²) in [6.45, 7) is 5.29. The van der Waals surface area contributed by atoms with Crippen molar-refractivity contribution in [3.63, 3.8) is 0 Å². The van der Waals surface area contributed by atoms with Crippen LogP contribution in [0.3, 0.4) is 0 Å².